The van der Waals surface area contributed by atoms with E-state index >= 15 is 0 Å². The van der Waals surface area contributed by atoms with E-state index in [0.29, 0.717) is 18.4 Å². The first kappa shape index (κ1) is 13.2. The third-order valence-electron chi connectivity index (χ3n) is 2.18. The molecule has 1 heterocycles. The summed E-state index contributed by atoms with van der Waals surface area (Å²) in [6, 6.07) is 0. The highest BCUT2D eigenvalue weighted by atomic mass is 16.5. The number of rotatable bonds is 6. The third kappa shape index (κ3) is 4.26. The number of aromatic nitrogens is 2. The van der Waals surface area contributed by atoms with Crippen molar-refractivity contribution >= 4 is 5.84 Å². The van der Waals surface area contributed by atoms with Gasteiger partial charge in [-0.3, -0.25) is 0 Å². The van der Waals surface area contributed by atoms with Gasteiger partial charge in [-0.15, -0.1) is 0 Å². The lowest BCUT2D eigenvalue weighted by Crippen LogP contribution is -2.17. The smallest absolute Gasteiger partial charge is 0.243 e. The van der Waals surface area contributed by atoms with Crippen LogP contribution >= 0.6 is 0 Å². The number of nitrogens with two attached hydrogens (primary N) is 1. The van der Waals surface area contributed by atoms with Crippen LogP contribution in [0.3, 0.4) is 0 Å². The van der Waals surface area contributed by atoms with Crippen LogP contribution in [0.25, 0.3) is 0 Å². The van der Waals surface area contributed by atoms with Crippen LogP contribution in [0.15, 0.2) is 17.5 Å². The van der Waals surface area contributed by atoms with Crippen LogP contribution in [0.1, 0.15) is 32.4 Å². The van der Waals surface area contributed by atoms with Gasteiger partial charge in [0.15, 0.2) is 11.5 Å². The molecule has 0 aliphatic heterocycles. The number of hydrogen-bond donors (Lipinski definition) is 2. The normalized spacial score (nSPS) is 11.8. The zero-order chi connectivity index (χ0) is 12.7. The fraction of sp³-hybridized carbons (Fsp3) is 0.545. The average molecular weight is 238 g/mol. The minimum Gasteiger partial charge on any atom is -0.476 e. The van der Waals surface area contributed by atoms with Crippen LogP contribution in [-0.4, -0.2) is 27.6 Å². The van der Waals surface area contributed by atoms with Crippen LogP contribution in [-0.2, 0) is 0 Å². The Morgan fingerprint density at radius 1 is 1.47 bits per heavy atom. The summed E-state index contributed by atoms with van der Waals surface area (Å²) < 4.78 is 5.46. The van der Waals surface area contributed by atoms with Crippen molar-refractivity contribution in [1.29, 1.82) is 0 Å². The molecule has 0 bridgehead atoms. The van der Waals surface area contributed by atoms with Gasteiger partial charge in [-0.25, -0.2) is 9.97 Å². The zero-order valence-corrected chi connectivity index (χ0v) is 10.1. The van der Waals surface area contributed by atoms with Gasteiger partial charge in [0.25, 0.3) is 0 Å². The van der Waals surface area contributed by atoms with Gasteiger partial charge in [0, 0.05) is 12.4 Å². The van der Waals surface area contributed by atoms with Gasteiger partial charge in [-0.05, 0) is 18.8 Å². The van der Waals surface area contributed by atoms with E-state index in [0.717, 1.165) is 12.8 Å². The maximum Gasteiger partial charge on any atom is 0.243 e. The molecular formula is C11H18N4O2. The lowest BCUT2D eigenvalue weighted by atomic mass is 10.1. The summed E-state index contributed by atoms with van der Waals surface area (Å²) in [5, 5.41) is 11.5. The molecule has 6 nitrogen and oxygen atoms in total. The molecule has 0 aliphatic rings. The average Bonchev–Trinajstić information content (AvgIpc) is 2.34. The lowest BCUT2D eigenvalue weighted by molar-refractivity contribution is 0.284. The summed E-state index contributed by atoms with van der Waals surface area (Å²) in [4.78, 5) is 7.97. The van der Waals surface area contributed by atoms with Gasteiger partial charge < -0.3 is 15.7 Å². The largest absolute Gasteiger partial charge is 0.476 e. The van der Waals surface area contributed by atoms with Crippen molar-refractivity contribution in [2.45, 2.75) is 26.7 Å². The van der Waals surface area contributed by atoms with Gasteiger partial charge in [-0.1, -0.05) is 19.0 Å². The maximum atomic E-state index is 8.60. The van der Waals surface area contributed by atoms with E-state index in [-0.39, 0.29) is 11.5 Å². The molecule has 0 saturated heterocycles. The molecule has 1 aromatic heterocycles. The summed E-state index contributed by atoms with van der Waals surface area (Å²) in [6.45, 7) is 4.86. The van der Waals surface area contributed by atoms with Crippen LogP contribution in [0, 0.1) is 5.92 Å². The summed E-state index contributed by atoms with van der Waals surface area (Å²) in [6.07, 6.45) is 4.99. The summed E-state index contributed by atoms with van der Waals surface area (Å²) >= 11 is 0. The molecule has 1 aromatic rings. The van der Waals surface area contributed by atoms with Gasteiger partial charge in [0.05, 0.1) is 6.61 Å². The molecule has 0 aliphatic carbocycles. The highest BCUT2D eigenvalue weighted by Crippen LogP contribution is 2.12. The Bertz CT molecular complexity index is 379. The second kappa shape index (κ2) is 6.67. The molecule has 0 radical (unpaired) electrons. The quantitative estimate of drug-likeness (QED) is 0.257. The third-order valence-corrected chi connectivity index (χ3v) is 2.18. The summed E-state index contributed by atoms with van der Waals surface area (Å²) in [5.74, 6) is 0.840. The van der Waals surface area contributed by atoms with E-state index in [4.69, 9.17) is 15.7 Å². The van der Waals surface area contributed by atoms with Crippen molar-refractivity contribution in [1.82, 2.24) is 9.97 Å². The Hall–Kier alpha value is -1.85. The molecule has 0 amide bonds. The number of hydrogen-bond acceptors (Lipinski definition) is 5. The molecule has 0 spiro atoms. The van der Waals surface area contributed by atoms with Gasteiger partial charge in [-0.2, -0.15) is 0 Å². The SMILES string of the molecule is CC(C)CCCOc1nccnc1C(N)=NO. The lowest BCUT2D eigenvalue weighted by Gasteiger charge is -2.09. The Labute approximate surface area is 101 Å². The van der Waals surface area contributed by atoms with E-state index in [1.54, 1.807) is 0 Å². The van der Waals surface area contributed by atoms with Crippen LogP contribution < -0.4 is 10.5 Å². The molecule has 17 heavy (non-hydrogen) atoms. The van der Waals surface area contributed by atoms with Crippen molar-refractivity contribution in [2.75, 3.05) is 6.61 Å². The molecule has 6 heteroatoms. The van der Waals surface area contributed by atoms with Crippen molar-refractivity contribution in [2.24, 2.45) is 16.8 Å². The van der Waals surface area contributed by atoms with Gasteiger partial charge in [0.2, 0.25) is 5.88 Å². The second-order valence-electron chi connectivity index (χ2n) is 4.08. The highest BCUT2D eigenvalue weighted by molar-refractivity contribution is 5.97. The summed E-state index contributed by atoms with van der Waals surface area (Å²) in [7, 11) is 0. The molecule has 0 atom stereocenters. The molecular weight excluding hydrogens is 220 g/mol. The standard InChI is InChI=1S/C11H18N4O2/c1-8(2)4-3-7-17-11-9(10(12)15-16)13-5-6-14-11/h5-6,8,16H,3-4,7H2,1-2H3,(H2,12,15). The molecule has 1 rings (SSSR count). The first-order valence-electron chi connectivity index (χ1n) is 5.56. The predicted molar refractivity (Wildman–Crippen MR) is 64.1 cm³/mol. The number of nitrogens with zero attached hydrogens (tertiary/aromatic N) is 3. The first-order chi connectivity index (χ1) is 8.15. The van der Waals surface area contributed by atoms with E-state index in [1.165, 1.54) is 12.4 Å². The van der Waals surface area contributed by atoms with E-state index in [1.807, 2.05) is 0 Å². The number of oxime groups is 1. The van der Waals surface area contributed by atoms with Crippen molar-refractivity contribution in [3.63, 3.8) is 0 Å². The van der Waals surface area contributed by atoms with Crippen molar-refractivity contribution in [3.8, 4) is 5.88 Å². The van der Waals surface area contributed by atoms with Crippen LogP contribution in [0.5, 0.6) is 5.88 Å². The molecule has 0 fully saturated rings. The predicted octanol–water partition coefficient (Wildman–Crippen LogP) is 1.39. The number of ether oxygens (including phenoxy) is 1. The highest BCUT2D eigenvalue weighted by Gasteiger charge is 2.10. The fourth-order valence-corrected chi connectivity index (χ4v) is 1.31. The maximum absolute atomic E-state index is 8.60. The monoisotopic (exact) mass is 238 g/mol. The first-order valence-corrected chi connectivity index (χ1v) is 5.56. The Morgan fingerprint density at radius 2 is 2.18 bits per heavy atom. The number of amidine groups is 1. The van der Waals surface area contributed by atoms with Crippen molar-refractivity contribution < 1.29 is 9.94 Å². The summed E-state index contributed by atoms with van der Waals surface area (Å²) in [5.41, 5.74) is 5.73. The Morgan fingerprint density at radius 3 is 2.82 bits per heavy atom. The zero-order valence-electron chi connectivity index (χ0n) is 10.1. The van der Waals surface area contributed by atoms with E-state index in [2.05, 4.69) is 29.0 Å². The fourth-order valence-electron chi connectivity index (χ4n) is 1.31. The molecule has 0 saturated carbocycles. The molecule has 0 aromatic carbocycles. The van der Waals surface area contributed by atoms with E-state index < -0.39 is 0 Å². The van der Waals surface area contributed by atoms with Crippen molar-refractivity contribution in [3.05, 3.63) is 18.1 Å². The van der Waals surface area contributed by atoms with Crippen LogP contribution in [0.4, 0.5) is 0 Å². The minimum absolute atomic E-state index is 0.100. The topological polar surface area (TPSA) is 93.6 Å². The Kier molecular flexibility index (Phi) is 5.19. The van der Waals surface area contributed by atoms with Crippen LogP contribution in [0.2, 0.25) is 0 Å². The molecule has 94 valence electrons. The Balaban J connectivity index is 2.58. The van der Waals surface area contributed by atoms with E-state index in [9.17, 15) is 0 Å². The van der Waals surface area contributed by atoms with Gasteiger partial charge >= 0.3 is 0 Å². The molecule has 3 N–H and O–H groups in total. The van der Waals surface area contributed by atoms with Gasteiger partial charge in [0.1, 0.15) is 0 Å². The molecule has 0 unspecified atom stereocenters. The second-order valence-corrected chi connectivity index (χ2v) is 4.08. The minimum atomic E-state index is -0.100.